The lowest BCUT2D eigenvalue weighted by Crippen LogP contribution is -2.13. The molecule has 0 saturated heterocycles. The number of carbonyl (C=O) groups excluding carboxylic acids is 1. The van der Waals surface area contributed by atoms with Crippen LogP contribution < -0.4 is 4.74 Å². The fourth-order valence-corrected chi connectivity index (χ4v) is 2.28. The van der Waals surface area contributed by atoms with E-state index < -0.39 is 5.92 Å². The van der Waals surface area contributed by atoms with Crippen LogP contribution in [0.25, 0.3) is 11.0 Å². The average molecular weight is 306 g/mol. The summed E-state index contributed by atoms with van der Waals surface area (Å²) in [6, 6.07) is 12.6. The highest BCUT2D eigenvalue weighted by atomic mass is 16.5. The van der Waals surface area contributed by atoms with Gasteiger partial charge in [0, 0.05) is 17.8 Å². The Morgan fingerprint density at radius 2 is 2.17 bits per heavy atom. The number of aromatic amines is 1. The molecule has 6 nitrogen and oxygen atoms in total. The first-order chi connectivity index (χ1) is 11.2. The number of benzene rings is 1. The summed E-state index contributed by atoms with van der Waals surface area (Å²) in [7, 11) is 0. The standard InChI is InChI=1S/C17H14N4O2/c1-2-23-15-8-7-11(10-19-15)16(22)12(9-18)17-20-13-5-3-4-6-14(13)21-17/h3-8,10,12H,2H2,1H3,(H,20,21)/t12-/m1/s1. The van der Waals surface area contributed by atoms with Gasteiger partial charge in [0.15, 0.2) is 11.7 Å². The number of nitriles is 1. The molecule has 0 unspecified atom stereocenters. The molecule has 1 N–H and O–H groups in total. The molecule has 23 heavy (non-hydrogen) atoms. The van der Waals surface area contributed by atoms with Crippen LogP contribution in [0.15, 0.2) is 42.6 Å². The van der Waals surface area contributed by atoms with Crippen molar-refractivity contribution in [1.82, 2.24) is 15.0 Å². The van der Waals surface area contributed by atoms with Crippen molar-refractivity contribution < 1.29 is 9.53 Å². The van der Waals surface area contributed by atoms with Gasteiger partial charge in [0.2, 0.25) is 5.88 Å². The predicted molar refractivity (Wildman–Crippen MR) is 84.2 cm³/mol. The zero-order valence-corrected chi connectivity index (χ0v) is 12.5. The van der Waals surface area contributed by atoms with E-state index in [-0.39, 0.29) is 5.78 Å². The van der Waals surface area contributed by atoms with E-state index in [0.29, 0.717) is 23.9 Å². The zero-order valence-electron chi connectivity index (χ0n) is 12.5. The van der Waals surface area contributed by atoms with E-state index >= 15 is 0 Å². The third-order valence-electron chi connectivity index (χ3n) is 3.39. The van der Waals surface area contributed by atoms with E-state index in [4.69, 9.17) is 4.74 Å². The van der Waals surface area contributed by atoms with Crippen LogP contribution >= 0.6 is 0 Å². The molecule has 0 bridgehead atoms. The zero-order chi connectivity index (χ0) is 16.2. The van der Waals surface area contributed by atoms with Gasteiger partial charge in [-0.15, -0.1) is 0 Å². The average Bonchev–Trinajstić information content (AvgIpc) is 3.00. The van der Waals surface area contributed by atoms with Crippen LogP contribution in [-0.4, -0.2) is 27.3 Å². The first-order valence-electron chi connectivity index (χ1n) is 7.20. The van der Waals surface area contributed by atoms with E-state index in [9.17, 15) is 10.1 Å². The van der Waals surface area contributed by atoms with E-state index in [1.54, 1.807) is 12.1 Å². The molecule has 2 aromatic heterocycles. The molecule has 3 aromatic rings. The van der Waals surface area contributed by atoms with Crippen molar-refractivity contribution in [1.29, 1.82) is 5.26 Å². The van der Waals surface area contributed by atoms with Crippen molar-refractivity contribution in [2.75, 3.05) is 6.61 Å². The maximum absolute atomic E-state index is 12.6. The highest BCUT2D eigenvalue weighted by molar-refractivity contribution is 6.02. The largest absolute Gasteiger partial charge is 0.478 e. The third kappa shape index (κ3) is 2.90. The normalized spacial score (nSPS) is 11.8. The van der Waals surface area contributed by atoms with Crippen LogP contribution in [0.4, 0.5) is 0 Å². The molecule has 0 amide bonds. The summed E-state index contributed by atoms with van der Waals surface area (Å²) in [6.07, 6.45) is 1.42. The second kappa shape index (κ2) is 6.28. The Bertz CT molecular complexity index is 844. The molecule has 0 aliphatic carbocycles. The van der Waals surface area contributed by atoms with Gasteiger partial charge in [0.1, 0.15) is 5.82 Å². The summed E-state index contributed by atoms with van der Waals surface area (Å²) < 4.78 is 5.25. The number of ketones is 1. The van der Waals surface area contributed by atoms with Crippen molar-refractivity contribution in [3.8, 4) is 11.9 Å². The third-order valence-corrected chi connectivity index (χ3v) is 3.39. The molecule has 0 radical (unpaired) electrons. The first-order valence-corrected chi connectivity index (χ1v) is 7.20. The summed E-state index contributed by atoms with van der Waals surface area (Å²) in [4.78, 5) is 24.0. The van der Waals surface area contributed by atoms with Crippen LogP contribution in [0.3, 0.4) is 0 Å². The smallest absolute Gasteiger partial charge is 0.213 e. The molecule has 6 heteroatoms. The molecular formula is C17H14N4O2. The minimum Gasteiger partial charge on any atom is -0.478 e. The van der Waals surface area contributed by atoms with E-state index in [1.807, 2.05) is 37.3 Å². The monoisotopic (exact) mass is 306 g/mol. The van der Waals surface area contributed by atoms with Gasteiger partial charge < -0.3 is 9.72 Å². The van der Waals surface area contributed by atoms with Crippen molar-refractivity contribution in [2.24, 2.45) is 0 Å². The fourth-order valence-electron chi connectivity index (χ4n) is 2.28. The van der Waals surface area contributed by atoms with E-state index in [0.717, 1.165) is 11.0 Å². The second-order valence-corrected chi connectivity index (χ2v) is 4.88. The van der Waals surface area contributed by atoms with Gasteiger partial charge in [0.25, 0.3) is 0 Å². The number of imidazole rings is 1. The highest BCUT2D eigenvalue weighted by Gasteiger charge is 2.25. The van der Waals surface area contributed by atoms with Gasteiger partial charge >= 0.3 is 0 Å². The molecule has 0 spiro atoms. The summed E-state index contributed by atoms with van der Waals surface area (Å²) in [5.74, 6) is -0.557. The molecule has 2 heterocycles. The summed E-state index contributed by atoms with van der Waals surface area (Å²) in [5, 5.41) is 9.40. The Labute approximate surface area is 132 Å². The Hall–Kier alpha value is -3.20. The molecule has 3 rings (SSSR count). The molecular weight excluding hydrogens is 292 g/mol. The van der Waals surface area contributed by atoms with Crippen molar-refractivity contribution in [3.05, 3.63) is 54.0 Å². The van der Waals surface area contributed by atoms with Gasteiger partial charge in [-0.05, 0) is 25.1 Å². The number of hydrogen-bond acceptors (Lipinski definition) is 5. The number of carbonyl (C=O) groups is 1. The lowest BCUT2D eigenvalue weighted by molar-refractivity contribution is 0.0976. The SMILES string of the molecule is CCOc1ccc(C(=O)[C@@H](C#N)c2nc3ccccc3[nH]2)cn1. The van der Waals surface area contributed by atoms with Gasteiger partial charge in [-0.25, -0.2) is 9.97 Å². The topological polar surface area (TPSA) is 91.7 Å². The van der Waals surface area contributed by atoms with Crippen LogP contribution in [0.1, 0.15) is 29.0 Å². The first kappa shape index (κ1) is 14.7. The van der Waals surface area contributed by atoms with Crippen LogP contribution in [0.5, 0.6) is 5.88 Å². The quantitative estimate of drug-likeness (QED) is 0.732. The maximum Gasteiger partial charge on any atom is 0.213 e. The van der Waals surface area contributed by atoms with Crippen molar-refractivity contribution in [2.45, 2.75) is 12.8 Å². The number of hydrogen-bond donors (Lipinski definition) is 1. The van der Waals surface area contributed by atoms with Gasteiger partial charge in [0.05, 0.1) is 23.7 Å². The molecule has 0 saturated carbocycles. The minimum absolute atomic E-state index is 0.340. The molecule has 0 fully saturated rings. The van der Waals surface area contributed by atoms with Crippen molar-refractivity contribution >= 4 is 16.8 Å². The number of Topliss-reactive ketones (excluding diaryl/α,β-unsaturated/α-hetero) is 1. The Morgan fingerprint density at radius 3 is 2.83 bits per heavy atom. The second-order valence-electron chi connectivity index (χ2n) is 4.88. The van der Waals surface area contributed by atoms with Crippen molar-refractivity contribution in [3.63, 3.8) is 0 Å². The summed E-state index contributed by atoms with van der Waals surface area (Å²) in [5.41, 5.74) is 1.86. The maximum atomic E-state index is 12.6. The Kier molecular flexibility index (Phi) is 4.02. The van der Waals surface area contributed by atoms with E-state index in [1.165, 1.54) is 6.20 Å². The van der Waals surface area contributed by atoms with E-state index in [2.05, 4.69) is 15.0 Å². The number of nitrogens with zero attached hydrogens (tertiary/aromatic N) is 3. The number of rotatable bonds is 5. The Morgan fingerprint density at radius 1 is 1.35 bits per heavy atom. The lowest BCUT2D eigenvalue weighted by Gasteiger charge is -2.06. The number of nitrogens with one attached hydrogen (secondary N) is 1. The number of aromatic nitrogens is 3. The molecule has 1 aromatic carbocycles. The number of fused-ring (bicyclic) bond motifs is 1. The van der Waals surface area contributed by atoms with Crippen LogP contribution in [-0.2, 0) is 0 Å². The lowest BCUT2D eigenvalue weighted by atomic mass is 9.99. The van der Waals surface area contributed by atoms with Gasteiger partial charge in [-0.2, -0.15) is 5.26 Å². The molecule has 1 atom stereocenters. The van der Waals surface area contributed by atoms with Crippen LogP contribution in [0.2, 0.25) is 0 Å². The number of H-pyrrole nitrogens is 1. The summed E-state index contributed by atoms with van der Waals surface area (Å²) >= 11 is 0. The fraction of sp³-hybridized carbons (Fsp3) is 0.176. The minimum atomic E-state index is -0.998. The number of para-hydroxylation sites is 2. The highest BCUT2D eigenvalue weighted by Crippen LogP contribution is 2.21. The van der Waals surface area contributed by atoms with Crippen LogP contribution in [0, 0.1) is 11.3 Å². The Balaban J connectivity index is 1.90. The van der Waals surface area contributed by atoms with Gasteiger partial charge in [-0.1, -0.05) is 12.1 Å². The molecule has 0 aliphatic rings. The predicted octanol–water partition coefficient (Wildman–Crippen LogP) is 2.85. The van der Waals surface area contributed by atoms with Gasteiger partial charge in [-0.3, -0.25) is 4.79 Å². The number of pyridine rings is 1. The summed E-state index contributed by atoms with van der Waals surface area (Å²) in [6.45, 7) is 2.36. The molecule has 114 valence electrons. The molecule has 0 aliphatic heterocycles. The number of ether oxygens (including phenoxy) is 1.